The van der Waals surface area contributed by atoms with E-state index in [2.05, 4.69) is 24.9 Å². The molecule has 148 valence electrons. The number of aliphatic carboxylic acids is 1. The largest absolute Gasteiger partial charge is 0.480 e. The third-order valence-electron chi connectivity index (χ3n) is 4.54. The fraction of sp³-hybridized carbons (Fsp3) is 0.889. The Morgan fingerprint density at radius 2 is 1.64 bits per heavy atom. The van der Waals surface area contributed by atoms with E-state index in [4.69, 9.17) is 11.5 Å². The number of nitrogens with one attached hydrogen (secondary N) is 1. The number of thiol groups is 1. The van der Waals surface area contributed by atoms with Crippen LogP contribution < -0.4 is 16.8 Å². The lowest BCUT2D eigenvalue weighted by atomic mass is 9.89. The summed E-state index contributed by atoms with van der Waals surface area (Å²) in [4.78, 5) is 24.3. The number of carboxylic acid groups (broad SMARTS) is 1. The summed E-state index contributed by atoms with van der Waals surface area (Å²) in [6.45, 7) is 3.09. The Morgan fingerprint density at radius 3 is 2.12 bits per heavy atom. The minimum Gasteiger partial charge on any atom is -0.480 e. The van der Waals surface area contributed by atoms with Gasteiger partial charge in [-0.2, -0.15) is 12.6 Å². The van der Waals surface area contributed by atoms with E-state index in [1.54, 1.807) is 0 Å². The number of nitrogens with two attached hydrogens (primary N) is 2. The number of Topliss-reactive ketones (excluding diaryl/α,β-unsaturated/α-hetero) is 1. The molecule has 0 aliphatic carbocycles. The van der Waals surface area contributed by atoms with Crippen LogP contribution in [0.15, 0.2) is 0 Å². The topological polar surface area (TPSA) is 118 Å². The molecule has 0 radical (unpaired) electrons. The number of ketones is 1. The van der Waals surface area contributed by atoms with Gasteiger partial charge in [0.25, 0.3) is 0 Å². The SMILES string of the molecule is CCCCCCCCCCN[C@@](CS)(C(=O)O)C(=O)[C@@H](N)CCCN. The quantitative estimate of drug-likeness (QED) is 0.151. The molecule has 0 aromatic carbocycles. The lowest BCUT2D eigenvalue weighted by molar-refractivity contribution is -0.149. The highest BCUT2D eigenvalue weighted by atomic mass is 32.1. The van der Waals surface area contributed by atoms with E-state index in [1.807, 2.05) is 0 Å². The van der Waals surface area contributed by atoms with Gasteiger partial charge in [-0.3, -0.25) is 10.1 Å². The number of carbonyl (C=O) groups excluding carboxylic acids is 1. The van der Waals surface area contributed by atoms with Gasteiger partial charge in [0.2, 0.25) is 0 Å². The van der Waals surface area contributed by atoms with Crippen molar-refractivity contribution in [1.82, 2.24) is 5.32 Å². The Bertz CT molecular complexity index is 383. The van der Waals surface area contributed by atoms with E-state index >= 15 is 0 Å². The Morgan fingerprint density at radius 1 is 1.08 bits per heavy atom. The lowest BCUT2D eigenvalue weighted by Crippen LogP contribution is -2.64. The first kappa shape index (κ1) is 24.4. The molecule has 6 nitrogen and oxygen atoms in total. The van der Waals surface area contributed by atoms with Crippen LogP contribution in [0.2, 0.25) is 0 Å². The van der Waals surface area contributed by atoms with Crippen molar-refractivity contribution in [2.45, 2.75) is 82.7 Å². The Labute approximate surface area is 157 Å². The molecule has 0 aromatic rings. The molecule has 2 atom stereocenters. The van der Waals surface area contributed by atoms with Crippen LogP contribution in [0.5, 0.6) is 0 Å². The van der Waals surface area contributed by atoms with Crippen molar-refractivity contribution in [2.75, 3.05) is 18.8 Å². The highest BCUT2D eigenvalue weighted by molar-refractivity contribution is 7.80. The first-order valence-corrected chi connectivity index (χ1v) is 10.2. The fourth-order valence-electron chi connectivity index (χ4n) is 2.82. The third kappa shape index (κ3) is 9.03. The minimum absolute atomic E-state index is 0.117. The molecule has 0 unspecified atom stereocenters. The Kier molecular flexibility index (Phi) is 14.2. The van der Waals surface area contributed by atoms with Gasteiger partial charge in [0, 0.05) is 5.75 Å². The second-order valence-electron chi connectivity index (χ2n) is 6.67. The number of hydrogen-bond donors (Lipinski definition) is 5. The molecule has 25 heavy (non-hydrogen) atoms. The van der Waals surface area contributed by atoms with Gasteiger partial charge in [-0.1, -0.05) is 51.9 Å². The molecule has 0 bridgehead atoms. The van der Waals surface area contributed by atoms with Crippen LogP contribution in [0.3, 0.4) is 0 Å². The predicted molar refractivity (Wildman–Crippen MR) is 106 cm³/mol. The summed E-state index contributed by atoms with van der Waals surface area (Å²) in [6, 6.07) is -0.835. The van der Waals surface area contributed by atoms with E-state index in [9.17, 15) is 14.7 Å². The zero-order valence-electron chi connectivity index (χ0n) is 15.6. The van der Waals surface area contributed by atoms with E-state index < -0.39 is 23.3 Å². The molecule has 0 saturated carbocycles. The maximum atomic E-state index is 12.6. The van der Waals surface area contributed by atoms with Crippen LogP contribution in [0.1, 0.15) is 71.1 Å². The summed E-state index contributed by atoms with van der Waals surface area (Å²) < 4.78 is 0. The number of rotatable bonds is 17. The van der Waals surface area contributed by atoms with E-state index in [1.165, 1.54) is 32.1 Å². The van der Waals surface area contributed by atoms with E-state index in [0.29, 0.717) is 25.9 Å². The van der Waals surface area contributed by atoms with Crippen LogP contribution in [-0.2, 0) is 9.59 Å². The van der Waals surface area contributed by atoms with Crippen molar-refractivity contribution in [2.24, 2.45) is 11.5 Å². The zero-order chi connectivity index (χ0) is 19.1. The third-order valence-corrected chi connectivity index (χ3v) is 5.01. The number of unbranched alkanes of at least 4 members (excludes halogenated alkanes) is 7. The molecule has 0 heterocycles. The summed E-state index contributed by atoms with van der Waals surface area (Å²) in [5, 5.41) is 12.5. The molecule has 7 heteroatoms. The molecular formula is C18H37N3O3S. The zero-order valence-corrected chi connectivity index (χ0v) is 16.5. The van der Waals surface area contributed by atoms with Gasteiger partial charge in [0.05, 0.1) is 6.04 Å². The normalized spacial score (nSPS) is 14.9. The molecule has 6 N–H and O–H groups in total. The maximum absolute atomic E-state index is 12.6. The first-order valence-electron chi connectivity index (χ1n) is 9.55. The Hall–Kier alpha value is -0.630. The molecule has 0 saturated heterocycles. The van der Waals surface area contributed by atoms with Crippen LogP contribution in [0, 0.1) is 0 Å². The average Bonchev–Trinajstić information content (AvgIpc) is 2.60. The van der Waals surface area contributed by atoms with Gasteiger partial charge in [-0.25, -0.2) is 4.79 Å². The molecule has 0 rings (SSSR count). The summed E-state index contributed by atoms with van der Waals surface area (Å²) in [5.41, 5.74) is 9.59. The van der Waals surface area contributed by atoms with Gasteiger partial charge < -0.3 is 16.6 Å². The van der Waals surface area contributed by atoms with Gasteiger partial charge >= 0.3 is 5.97 Å². The summed E-state index contributed by atoms with van der Waals surface area (Å²) in [6.07, 6.45) is 10.2. The van der Waals surface area contributed by atoms with Gasteiger partial charge in [0.1, 0.15) is 0 Å². The summed E-state index contributed by atoms with van der Waals surface area (Å²) >= 11 is 4.11. The maximum Gasteiger partial charge on any atom is 0.332 e. The first-order chi connectivity index (χ1) is 12.0. The molecule has 0 amide bonds. The van der Waals surface area contributed by atoms with E-state index in [0.717, 1.165) is 19.3 Å². The number of carbonyl (C=O) groups is 2. The highest BCUT2D eigenvalue weighted by Gasteiger charge is 2.46. The molecule has 0 spiro atoms. The monoisotopic (exact) mass is 375 g/mol. The summed E-state index contributed by atoms with van der Waals surface area (Å²) in [5.74, 6) is -1.84. The highest BCUT2D eigenvalue weighted by Crippen LogP contribution is 2.15. The van der Waals surface area contributed by atoms with Crippen LogP contribution >= 0.6 is 12.6 Å². The Balaban J connectivity index is 4.35. The fourth-order valence-corrected chi connectivity index (χ4v) is 3.22. The van der Waals surface area contributed by atoms with Crippen molar-refractivity contribution in [1.29, 1.82) is 0 Å². The molecule has 0 aliphatic rings. The van der Waals surface area contributed by atoms with Crippen molar-refractivity contribution in [3.05, 3.63) is 0 Å². The minimum atomic E-state index is -1.71. The molecule has 0 fully saturated rings. The smallest absolute Gasteiger partial charge is 0.332 e. The second kappa shape index (κ2) is 14.5. The molecule has 0 aliphatic heterocycles. The van der Waals surface area contributed by atoms with Crippen LogP contribution in [0.25, 0.3) is 0 Å². The predicted octanol–water partition coefficient (Wildman–Crippen LogP) is 2.11. The van der Waals surface area contributed by atoms with Gasteiger partial charge in [-0.15, -0.1) is 0 Å². The van der Waals surface area contributed by atoms with Gasteiger partial charge in [-0.05, 0) is 32.4 Å². The standard InChI is InChI=1S/C18H37N3O3S/c1-2-3-4-5-6-7-8-9-13-21-18(14-25,17(23)24)16(22)15(20)11-10-12-19/h15,21,25H,2-14,19-20H2,1H3,(H,23,24)/t15-,18+/m0/s1. The van der Waals surface area contributed by atoms with Gasteiger partial charge in [0.15, 0.2) is 11.3 Å². The van der Waals surface area contributed by atoms with Crippen LogP contribution in [0.4, 0.5) is 0 Å². The van der Waals surface area contributed by atoms with Crippen molar-refractivity contribution in [3.63, 3.8) is 0 Å². The molecular weight excluding hydrogens is 338 g/mol. The van der Waals surface area contributed by atoms with Crippen LogP contribution in [-0.4, -0.2) is 47.3 Å². The second-order valence-corrected chi connectivity index (χ2v) is 6.99. The molecule has 0 aromatic heterocycles. The average molecular weight is 376 g/mol. The number of carboxylic acids is 1. The van der Waals surface area contributed by atoms with Crippen molar-refractivity contribution in [3.8, 4) is 0 Å². The number of hydrogen-bond acceptors (Lipinski definition) is 6. The lowest BCUT2D eigenvalue weighted by Gasteiger charge is -2.30. The van der Waals surface area contributed by atoms with E-state index in [-0.39, 0.29) is 5.75 Å². The summed E-state index contributed by atoms with van der Waals surface area (Å²) in [7, 11) is 0. The van der Waals surface area contributed by atoms with Crippen molar-refractivity contribution < 1.29 is 14.7 Å². The van der Waals surface area contributed by atoms with Crippen molar-refractivity contribution >= 4 is 24.4 Å².